The van der Waals surface area contributed by atoms with Crippen LogP contribution in [0.4, 0.5) is 0 Å². The highest BCUT2D eigenvalue weighted by molar-refractivity contribution is 6.06. The Balaban J connectivity index is 5.08. The van der Waals surface area contributed by atoms with Gasteiger partial charge in [-0.05, 0) is 27.7 Å². The first-order valence-electron chi connectivity index (χ1n) is 5.10. The van der Waals surface area contributed by atoms with Crippen LogP contribution < -0.4 is 0 Å². The molecular weight excluding hydrogens is 196 g/mol. The predicted molar refractivity (Wildman–Crippen MR) is 56.5 cm³/mol. The van der Waals surface area contributed by atoms with E-state index >= 15 is 0 Å². The molecular formula is C11H20O4. The zero-order chi connectivity index (χ0) is 12.2. The van der Waals surface area contributed by atoms with Crippen LogP contribution in [0, 0.1) is 0 Å². The van der Waals surface area contributed by atoms with Crippen LogP contribution in [0.25, 0.3) is 0 Å². The maximum atomic E-state index is 11.5. The Morgan fingerprint density at radius 3 is 1.27 bits per heavy atom. The molecule has 88 valence electrons. The average molecular weight is 216 g/mol. The molecule has 0 spiro atoms. The fraction of sp³-hybridized carbons (Fsp3) is 0.818. The Hall–Kier alpha value is -0.740. The van der Waals surface area contributed by atoms with E-state index in [2.05, 4.69) is 0 Å². The number of hydrogen-bond donors (Lipinski definition) is 0. The molecule has 0 aromatic rings. The summed E-state index contributed by atoms with van der Waals surface area (Å²) < 4.78 is 10.7. The van der Waals surface area contributed by atoms with Crippen molar-refractivity contribution in [2.45, 2.75) is 59.5 Å². The van der Waals surface area contributed by atoms with E-state index in [9.17, 15) is 9.59 Å². The van der Waals surface area contributed by atoms with Crippen LogP contribution in [0.3, 0.4) is 0 Å². The van der Waals surface area contributed by atoms with E-state index in [4.69, 9.17) is 9.47 Å². The zero-order valence-corrected chi connectivity index (χ0v) is 10.3. The summed E-state index contributed by atoms with van der Waals surface area (Å²) in [6, 6.07) is 0. The van der Waals surface area contributed by atoms with E-state index in [1.165, 1.54) is 13.8 Å². The number of ketones is 2. The first-order chi connectivity index (χ1) is 6.72. The molecule has 0 bridgehead atoms. The van der Waals surface area contributed by atoms with Gasteiger partial charge in [0.25, 0.3) is 5.79 Å². The average Bonchev–Trinajstić information content (AvgIpc) is 1.99. The molecule has 4 nitrogen and oxygen atoms in total. The molecule has 15 heavy (non-hydrogen) atoms. The molecule has 0 N–H and O–H groups in total. The summed E-state index contributed by atoms with van der Waals surface area (Å²) in [4.78, 5) is 23.0. The van der Waals surface area contributed by atoms with E-state index in [1.54, 1.807) is 27.7 Å². The maximum Gasteiger partial charge on any atom is 0.290 e. The zero-order valence-electron chi connectivity index (χ0n) is 10.3. The molecule has 0 unspecified atom stereocenters. The van der Waals surface area contributed by atoms with Crippen molar-refractivity contribution in [1.29, 1.82) is 0 Å². The van der Waals surface area contributed by atoms with Crippen molar-refractivity contribution in [3.63, 3.8) is 0 Å². The molecule has 0 atom stereocenters. The van der Waals surface area contributed by atoms with Gasteiger partial charge in [0.15, 0.2) is 11.6 Å². The quantitative estimate of drug-likeness (QED) is 0.501. The van der Waals surface area contributed by atoms with Crippen LogP contribution in [-0.4, -0.2) is 29.6 Å². The molecule has 0 saturated heterocycles. The minimum absolute atomic E-state index is 0.253. The second kappa shape index (κ2) is 5.37. The van der Waals surface area contributed by atoms with Gasteiger partial charge in [-0.2, -0.15) is 0 Å². The van der Waals surface area contributed by atoms with Gasteiger partial charge in [0, 0.05) is 13.8 Å². The number of carbonyl (C=O) groups is 2. The first kappa shape index (κ1) is 14.3. The van der Waals surface area contributed by atoms with Crippen LogP contribution in [0.5, 0.6) is 0 Å². The van der Waals surface area contributed by atoms with Gasteiger partial charge in [-0.25, -0.2) is 0 Å². The van der Waals surface area contributed by atoms with Gasteiger partial charge in [-0.1, -0.05) is 0 Å². The number of hydrogen-bond acceptors (Lipinski definition) is 4. The molecule has 0 radical (unpaired) electrons. The highest BCUT2D eigenvalue weighted by Gasteiger charge is 2.44. The van der Waals surface area contributed by atoms with Gasteiger partial charge in [0.2, 0.25) is 0 Å². The van der Waals surface area contributed by atoms with Gasteiger partial charge in [0.05, 0.1) is 12.2 Å². The van der Waals surface area contributed by atoms with Crippen LogP contribution >= 0.6 is 0 Å². The van der Waals surface area contributed by atoms with Crippen molar-refractivity contribution in [2.75, 3.05) is 0 Å². The minimum Gasteiger partial charge on any atom is -0.335 e. The maximum absolute atomic E-state index is 11.5. The molecule has 0 saturated carbocycles. The van der Waals surface area contributed by atoms with E-state index < -0.39 is 17.4 Å². The molecule has 0 aromatic carbocycles. The second-order valence-corrected chi connectivity index (χ2v) is 4.06. The van der Waals surface area contributed by atoms with Crippen molar-refractivity contribution in [3.8, 4) is 0 Å². The highest BCUT2D eigenvalue weighted by atomic mass is 16.7. The van der Waals surface area contributed by atoms with Gasteiger partial charge in [-0.3, -0.25) is 9.59 Å². The van der Waals surface area contributed by atoms with Crippen LogP contribution in [0.15, 0.2) is 0 Å². The third kappa shape index (κ3) is 3.72. The predicted octanol–water partition coefficient (Wildman–Crippen LogP) is 1.71. The summed E-state index contributed by atoms with van der Waals surface area (Å²) in [5.41, 5.74) is 0. The lowest BCUT2D eigenvalue weighted by atomic mass is 10.1. The number of Topliss-reactive ketones (excluding diaryl/α,β-unsaturated/α-hetero) is 2. The summed E-state index contributed by atoms with van der Waals surface area (Å²) in [6.45, 7) is 9.61. The van der Waals surface area contributed by atoms with Gasteiger partial charge >= 0.3 is 0 Å². The largest absolute Gasteiger partial charge is 0.335 e. The van der Waals surface area contributed by atoms with Gasteiger partial charge in [0.1, 0.15) is 0 Å². The van der Waals surface area contributed by atoms with Gasteiger partial charge < -0.3 is 9.47 Å². The highest BCUT2D eigenvalue weighted by Crippen LogP contribution is 2.21. The Kier molecular flexibility index (Phi) is 5.11. The van der Waals surface area contributed by atoms with E-state index in [1.807, 2.05) is 0 Å². The van der Waals surface area contributed by atoms with Crippen LogP contribution in [-0.2, 0) is 19.1 Å². The summed E-state index contributed by atoms with van der Waals surface area (Å²) in [5, 5.41) is 0. The van der Waals surface area contributed by atoms with Crippen molar-refractivity contribution in [1.82, 2.24) is 0 Å². The number of ether oxygens (including phenoxy) is 2. The molecule has 0 heterocycles. The summed E-state index contributed by atoms with van der Waals surface area (Å²) in [5.74, 6) is -2.57. The molecule has 0 rings (SSSR count). The van der Waals surface area contributed by atoms with Crippen molar-refractivity contribution in [2.24, 2.45) is 0 Å². The third-order valence-electron chi connectivity index (χ3n) is 1.73. The smallest absolute Gasteiger partial charge is 0.290 e. The fourth-order valence-electron chi connectivity index (χ4n) is 1.27. The Bertz CT molecular complexity index is 217. The van der Waals surface area contributed by atoms with Crippen molar-refractivity contribution < 1.29 is 19.1 Å². The lowest BCUT2D eigenvalue weighted by molar-refractivity contribution is -0.242. The second-order valence-electron chi connectivity index (χ2n) is 4.06. The molecule has 0 aliphatic carbocycles. The lowest BCUT2D eigenvalue weighted by Crippen LogP contribution is -2.52. The number of rotatable bonds is 6. The SMILES string of the molecule is CC(=O)C(OC(C)C)(OC(C)C)C(C)=O. The fourth-order valence-corrected chi connectivity index (χ4v) is 1.27. The minimum atomic E-state index is -1.73. The normalized spacial score (nSPS) is 12.3. The summed E-state index contributed by atoms with van der Waals surface area (Å²) in [7, 11) is 0. The van der Waals surface area contributed by atoms with Crippen molar-refractivity contribution >= 4 is 11.6 Å². The molecule has 4 heteroatoms. The molecule has 0 aliphatic heterocycles. The van der Waals surface area contributed by atoms with Crippen LogP contribution in [0.2, 0.25) is 0 Å². The van der Waals surface area contributed by atoms with Crippen LogP contribution in [0.1, 0.15) is 41.5 Å². The van der Waals surface area contributed by atoms with E-state index in [0.29, 0.717) is 0 Å². The topological polar surface area (TPSA) is 52.6 Å². The molecule has 0 fully saturated rings. The first-order valence-corrected chi connectivity index (χ1v) is 5.10. The van der Waals surface area contributed by atoms with Gasteiger partial charge in [-0.15, -0.1) is 0 Å². The standard InChI is InChI=1S/C11H20O4/c1-7(2)14-11(9(5)12,10(6)13)15-8(3)4/h7-8H,1-6H3. The van der Waals surface area contributed by atoms with E-state index in [0.717, 1.165) is 0 Å². The monoisotopic (exact) mass is 216 g/mol. The third-order valence-corrected chi connectivity index (χ3v) is 1.73. The Morgan fingerprint density at radius 2 is 1.13 bits per heavy atom. The van der Waals surface area contributed by atoms with Crippen molar-refractivity contribution in [3.05, 3.63) is 0 Å². The van der Waals surface area contributed by atoms with E-state index in [-0.39, 0.29) is 12.2 Å². The Labute approximate surface area is 90.9 Å². The lowest BCUT2D eigenvalue weighted by Gasteiger charge is -2.32. The number of carbonyl (C=O) groups excluding carboxylic acids is 2. The Morgan fingerprint density at radius 1 is 0.867 bits per heavy atom. The molecule has 0 aliphatic rings. The molecule has 0 amide bonds. The molecule has 0 aromatic heterocycles. The summed E-state index contributed by atoms with van der Waals surface area (Å²) >= 11 is 0. The summed E-state index contributed by atoms with van der Waals surface area (Å²) in [6.07, 6.45) is -0.506.